The van der Waals surface area contributed by atoms with Crippen molar-refractivity contribution in [2.75, 3.05) is 10.7 Å². The maximum Gasteiger partial charge on any atom is 0.355 e. The van der Waals surface area contributed by atoms with E-state index >= 15 is 0 Å². The molecule has 13 heteroatoms. The fourth-order valence-electron chi connectivity index (χ4n) is 2.78. The summed E-state index contributed by atoms with van der Waals surface area (Å²) >= 11 is 0. The number of Topliss-reactive ketones (excluding diaryl/α,β-unsaturated/α-hetero) is 1. The van der Waals surface area contributed by atoms with Crippen LogP contribution in [0.1, 0.15) is 22.8 Å². The normalized spacial score (nSPS) is 10.2. The van der Waals surface area contributed by atoms with Crippen LogP contribution in [0.3, 0.4) is 0 Å². The number of nitrogens with one attached hydrogen (secondary N) is 3. The third-order valence-electron chi connectivity index (χ3n) is 4.37. The molecule has 1 amide bonds. The standard InChI is InChI=1S/C20H17N7O6/c1-12(28)14-3-2-4-15(10-14)23-19-18(27(32)33)20(22-11-21-19)25-24-17(29)9-13-5-7-16(8-6-13)26(30)31/h2-8,10-11H,9H2,1H3,(H,24,29)(H2,21,22,23,25). The summed E-state index contributed by atoms with van der Waals surface area (Å²) in [5.41, 5.74) is 5.39. The first-order chi connectivity index (χ1) is 15.7. The quantitative estimate of drug-likeness (QED) is 0.248. The lowest BCUT2D eigenvalue weighted by Gasteiger charge is -2.11. The van der Waals surface area contributed by atoms with Gasteiger partial charge in [-0.1, -0.05) is 24.3 Å². The van der Waals surface area contributed by atoms with E-state index in [0.29, 0.717) is 16.8 Å². The van der Waals surface area contributed by atoms with E-state index in [-0.39, 0.29) is 29.5 Å². The van der Waals surface area contributed by atoms with E-state index in [0.717, 1.165) is 6.33 Å². The summed E-state index contributed by atoms with van der Waals surface area (Å²) in [5, 5.41) is 25.1. The molecule has 0 aliphatic rings. The first-order valence-electron chi connectivity index (χ1n) is 9.40. The molecule has 0 unspecified atom stereocenters. The summed E-state index contributed by atoms with van der Waals surface area (Å²) in [7, 11) is 0. The number of hydrogen-bond acceptors (Lipinski definition) is 10. The molecule has 0 bridgehead atoms. The Bertz CT molecular complexity index is 1230. The Balaban J connectivity index is 1.73. The molecule has 3 aromatic rings. The number of hydrogen-bond donors (Lipinski definition) is 3. The van der Waals surface area contributed by atoms with Crippen molar-refractivity contribution in [2.24, 2.45) is 0 Å². The van der Waals surface area contributed by atoms with E-state index < -0.39 is 21.4 Å². The van der Waals surface area contributed by atoms with Crippen LogP contribution in [0.15, 0.2) is 54.9 Å². The SMILES string of the molecule is CC(=O)c1cccc(Nc2ncnc(NNC(=O)Cc3ccc([N+](=O)[O-])cc3)c2[N+](=O)[O-])c1. The van der Waals surface area contributed by atoms with Crippen LogP contribution in [0.25, 0.3) is 0 Å². The molecule has 3 rings (SSSR count). The van der Waals surface area contributed by atoms with Gasteiger partial charge >= 0.3 is 5.69 Å². The summed E-state index contributed by atoms with van der Waals surface area (Å²) in [4.78, 5) is 52.5. The number of carbonyl (C=O) groups excluding carboxylic acids is 2. The van der Waals surface area contributed by atoms with Gasteiger partial charge in [0.05, 0.1) is 16.3 Å². The van der Waals surface area contributed by atoms with Crippen LogP contribution in [-0.4, -0.2) is 31.5 Å². The first kappa shape index (κ1) is 22.7. The van der Waals surface area contributed by atoms with E-state index in [1.807, 2.05) is 0 Å². The molecular weight excluding hydrogens is 434 g/mol. The van der Waals surface area contributed by atoms with Crippen LogP contribution in [0.2, 0.25) is 0 Å². The van der Waals surface area contributed by atoms with Crippen molar-refractivity contribution in [3.63, 3.8) is 0 Å². The molecule has 0 aliphatic carbocycles. The van der Waals surface area contributed by atoms with E-state index in [4.69, 9.17) is 0 Å². The molecule has 168 valence electrons. The van der Waals surface area contributed by atoms with Crippen molar-refractivity contribution in [3.8, 4) is 0 Å². The third-order valence-corrected chi connectivity index (χ3v) is 4.37. The van der Waals surface area contributed by atoms with Crippen LogP contribution >= 0.6 is 0 Å². The number of nitro benzene ring substituents is 1. The number of non-ortho nitro benzene ring substituents is 1. The van der Waals surface area contributed by atoms with Gasteiger partial charge in [-0.3, -0.25) is 40.7 Å². The summed E-state index contributed by atoms with van der Waals surface area (Å²) in [6.45, 7) is 1.40. The lowest BCUT2D eigenvalue weighted by molar-refractivity contribution is -0.384. The largest absolute Gasteiger partial charge is 0.355 e. The highest BCUT2D eigenvalue weighted by Crippen LogP contribution is 2.31. The molecule has 1 heterocycles. The summed E-state index contributed by atoms with van der Waals surface area (Å²) < 4.78 is 0. The van der Waals surface area contributed by atoms with Crippen molar-refractivity contribution in [1.29, 1.82) is 0 Å². The monoisotopic (exact) mass is 451 g/mol. The lowest BCUT2D eigenvalue weighted by Crippen LogP contribution is -2.31. The van der Waals surface area contributed by atoms with Gasteiger partial charge in [0.25, 0.3) is 5.69 Å². The Kier molecular flexibility index (Phi) is 6.83. The molecule has 13 nitrogen and oxygen atoms in total. The van der Waals surface area contributed by atoms with E-state index in [1.54, 1.807) is 18.2 Å². The van der Waals surface area contributed by atoms with Crippen molar-refractivity contribution < 1.29 is 19.4 Å². The first-order valence-corrected chi connectivity index (χ1v) is 9.40. The van der Waals surface area contributed by atoms with Crippen LogP contribution in [-0.2, 0) is 11.2 Å². The minimum atomic E-state index is -0.720. The number of hydrazine groups is 1. The number of ketones is 1. The summed E-state index contributed by atoms with van der Waals surface area (Å²) in [6, 6.07) is 11.8. The smallest absolute Gasteiger partial charge is 0.334 e. The van der Waals surface area contributed by atoms with Gasteiger partial charge in [0.1, 0.15) is 6.33 Å². The van der Waals surface area contributed by atoms with Gasteiger partial charge in [-0.2, -0.15) is 0 Å². The Morgan fingerprint density at radius 3 is 2.30 bits per heavy atom. The fourth-order valence-corrected chi connectivity index (χ4v) is 2.78. The molecule has 0 saturated heterocycles. The second-order valence-electron chi connectivity index (χ2n) is 6.71. The van der Waals surface area contributed by atoms with Crippen molar-refractivity contribution in [2.45, 2.75) is 13.3 Å². The second kappa shape index (κ2) is 9.91. The molecule has 1 aromatic heterocycles. The zero-order valence-corrected chi connectivity index (χ0v) is 17.1. The Labute approximate surface area is 186 Å². The number of carbonyl (C=O) groups is 2. The van der Waals surface area contributed by atoms with Crippen molar-refractivity contribution in [1.82, 2.24) is 15.4 Å². The Morgan fingerprint density at radius 1 is 0.970 bits per heavy atom. The fraction of sp³-hybridized carbons (Fsp3) is 0.100. The molecule has 33 heavy (non-hydrogen) atoms. The maximum atomic E-state index is 12.2. The third kappa shape index (κ3) is 5.81. The van der Waals surface area contributed by atoms with Crippen LogP contribution < -0.4 is 16.2 Å². The molecule has 2 aromatic carbocycles. The lowest BCUT2D eigenvalue weighted by atomic mass is 10.1. The molecule has 0 saturated carbocycles. The van der Waals surface area contributed by atoms with E-state index in [9.17, 15) is 29.8 Å². The summed E-state index contributed by atoms with van der Waals surface area (Å²) in [5.74, 6) is -1.14. The van der Waals surface area contributed by atoms with Crippen molar-refractivity contribution >= 4 is 40.4 Å². The highest BCUT2D eigenvalue weighted by atomic mass is 16.6. The van der Waals surface area contributed by atoms with E-state index in [1.165, 1.54) is 37.3 Å². The van der Waals surface area contributed by atoms with Crippen LogP contribution in [0, 0.1) is 20.2 Å². The van der Waals surface area contributed by atoms with Gasteiger partial charge in [0.2, 0.25) is 17.5 Å². The molecule has 0 radical (unpaired) electrons. The van der Waals surface area contributed by atoms with Gasteiger partial charge in [-0.25, -0.2) is 9.97 Å². The number of anilines is 3. The number of aromatic nitrogens is 2. The summed E-state index contributed by atoms with van der Waals surface area (Å²) in [6.07, 6.45) is 0.932. The highest BCUT2D eigenvalue weighted by Gasteiger charge is 2.24. The Hall–Kier alpha value is -4.94. The number of rotatable bonds is 9. The van der Waals surface area contributed by atoms with Crippen LogP contribution in [0.4, 0.5) is 28.7 Å². The predicted molar refractivity (Wildman–Crippen MR) is 117 cm³/mol. The number of benzene rings is 2. The molecule has 0 aliphatic heterocycles. The number of nitro groups is 2. The molecular formula is C20H17N7O6. The topological polar surface area (TPSA) is 182 Å². The van der Waals surface area contributed by atoms with E-state index in [2.05, 4.69) is 26.1 Å². The van der Waals surface area contributed by atoms with Gasteiger partial charge in [-0.15, -0.1) is 0 Å². The zero-order chi connectivity index (χ0) is 24.0. The van der Waals surface area contributed by atoms with Crippen LogP contribution in [0.5, 0.6) is 0 Å². The molecule has 0 fully saturated rings. The number of amides is 1. The minimum Gasteiger partial charge on any atom is -0.334 e. The molecule has 0 spiro atoms. The second-order valence-corrected chi connectivity index (χ2v) is 6.71. The average Bonchev–Trinajstić information content (AvgIpc) is 2.78. The average molecular weight is 451 g/mol. The number of nitrogens with zero attached hydrogens (tertiary/aromatic N) is 4. The predicted octanol–water partition coefficient (Wildman–Crippen LogP) is 2.93. The highest BCUT2D eigenvalue weighted by molar-refractivity contribution is 5.95. The van der Waals surface area contributed by atoms with Gasteiger partial charge < -0.3 is 5.32 Å². The Morgan fingerprint density at radius 2 is 1.67 bits per heavy atom. The molecule has 3 N–H and O–H groups in total. The maximum absolute atomic E-state index is 12.2. The molecule has 0 atom stereocenters. The minimum absolute atomic E-state index is 0.109. The zero-order valence-electron chi connectivity index (χ0n) is 17.1. The van der Waals surface area contributed by atoms with Gasteiger partial charge in [0.15, 0.2) is 5.78 Å². The van der Waals surface area contributed by atoms with Crippen molar-refractivity contribution in [3.05, 3.63) is 86.2 Å². The van der Waals surface area contributed by atoms with Gasteiger partial charge in [-0.05, 0) is 24.6 Å². The van der Waals surface area contributed by atoms with Gasteiger partial charge in [0, 0.05) is 23.4 Å².